The summed E-state index contributed by atoms with van der Waals surface area (Å²) in [6.07, 6.45) is 3.77. The van der Waals surface area contributed by atoms with E-state index in [2.05, 4.69) is 40.8 Å². The molecule has 218 valence electrons. The van der Waals surface area contributed by atoms with E-state index in [0.29, 0.717) is 36.6 Å². The van der Waals surface area contributed by atoms with E-state index < -0.39 is 0 Å². The van der Waals surface area contributed by atoms with Crippen LogP contribution in [0.2, 0.25) is 0 Å². The number of para-hydroxylation sites is 1. The average molecular weight is 566 g/mol. The van der Waals surface area contributed by atoms with Crippen molar-refractivity contribution >= 4 is 17.5 Å². The molecule has 2 amide bonds. The number of anilines is 1. The zero-order valence-electron chi connectivity index (χ0n) is 24.7. The fourth-order valence-electron chi connectivity index (χ4n) is 6.34. The highest BCUT2D eigenvalue weighted by Crippen LogP contribution is 2.33. The highest BCUT2D eigenvalue weighted by atomic mass is 16.5. The highest BCUT2D eigenvalue weighted by Gasteiger charge is 2.28. The van der Waals surface area contributed by atoms with Crippen molar-refractivity contribution in [3.8, 4) is 11.4 Å². The fraction of sp³-hybridized carbons (Fsp3) is 0.353. The molecule has 0 radical (unpaired) electrons. The molecule has 0 spiro atoms. The maximum atomic E-state index is 14.1. The van der Waals surface area contributed by atoms with Gasteiger partial charge in [-0.3, -0.25) is 9.59 Å². The Labute approximate surface area is 247 Å². The largest absolute Gasteiger partial charge is 0.495 e. The van der Waals surface area contributed by atoms with Crippen LogP contribution in [-0.4, -0.2) is 59.1 Å². The molecular formula is C34H39N5O3. The zero-order valence-corrected chi connectivity index (χ0v) is 24.7. The van der Waals surface area contributed by atoms with Crippen LogP contribution in [0, 0.1) is 13.8 Å². The van der Waals surface area contributed by atoms with E-state index in [-0.39, 0.29) is 11.8 Å². The van der Waals surface area contributed by atoms with Gasteiger partial charge < -0.3 is 29.0 Å². The third-order valence-corrected chi connectivity index (χ3v) is 8.58. The summed E-state index contributed by atoms with van der Waals surface area (Å²) in [6.45, 7) is 8.70. The maximum absolute atomic E-state index is 14.1. The third-order valence-electron chi connectivity index (χ3n) is 8.58. The van der Waals surface area contributed by atoms with Gasteiger partial charge in [-0.1, -0.05) is 24.6 Å². The Morgan fingerprint density at radius 1 is 0.857 bits per heavy atom. The molecule has 2 aliphatic rings. The van der Waals surface area contributed by atoms with Gasteiger partial charge >= 0.3 is 0 Å². The normalized spacial score (nSPS) is 15.1. The van der Waals surface area contributed by atoms with Crippen molar-refractivity contribution in [3.63, 3.8) is 0 Å². The number of ether oxygens (including phenoxy) is 1. The van der Waals surface area contributed by atoms with Crippen LogP contribution in [-0.2, 0) is 13.1 Å². The van der Waals surface area contributed by atoms with Crippen molar-refractivity contribution in [2.75, 3.05) is 38.2 Å². The van der Waals surface area contributed by atoms with Gasteiger partial charge in [-0.05, 0) is 93.9 Å². The van der Waals surface area contributed by atoms with E-state index >= 15 is 0 Å². The van der Waals surface area contributed by atoms with Crippen LogP contribution in [0.3, 0.4) is 0 Å². The van der Waals surface area contributed by atoms with Crippen LogP contribution in [0.5, 0.6) is 5.75 Å². The number of amides is 2. The van der Waals surface area contributed by atoms with Crippen molar-refractivity contribution in [2.45, 2.75) is 46.2 Å². The lowest BCUT2D eigenvalue weighted by molar-refractivity contribution is 0.0937. The molecule has 2 aliphatic heterocycles. The van der Waals surface area contributed by atoms with Crippen LogP contribution < -0.4 is 15.0 Å². The van der Waals surface area contributed by atoms with Crippen molar-refractivity contribution < 1.29 is 14.3 Å². The number of benzene rings is 2. The van der Waals surface area contributed by atoms with Gasteiger partial charge in [-0.15, -0.1) is 0 Å². The number of hydrogen-bond donors (Lipinski definition) is 1. The molecule has 2 aromatic carbocycles. The molecule has 8 heteroatoms. The number of rotatable bonds is 7. The minimum atomic E-state index is -0.115. The minimum absolute atomic E-state index is 0.0774. The number of nitrogens with one attached hydrogen (secondary N) is 1. The topological polar surface area (TPSA) is 71.7 Å². The molecule has 8 nitrogen and oxygen atoms in total. The summed E-state index contributed by atoms with van der Waals surface area (Å²) < 4.78 is 9.94. The number of carbonyl (C=O) groups excluding carboxylic acids is 2. The summed E-state index contributed by atoms with van der Waals surface area (Å²) in [7, 11) is 1.63. The quantitative estimate of drug-likeness (QED) is 0.329. The van der Waals surface area contributed by atoms with E-state index in [4.69, 9.17) is 4.74 Å². The lowest BCUT2D eigenvalue weighted by Crippen LogP contribution is -2.38. The predicted octanol–water partition coefficient (Wildman–Crippen LogP) is 5.33. The van der Waals surface area contributed by atoms with E-state index in [9.17, 15) is 9.59 Å². The van der Waals surface area contributed by atoms with Crippen molar-refractivity contribution in [2.24, 2.45) is 0 Å². The molecule has 1 fully saturated rings. The molecule has 0 atom stereocenters. The second-order valence-electron chi connectivity index (χ2n) is 11.3. The van der Waals surface area contributed by atoms with Crippen LogP contribution in [0.4, 0.5) is 5.69 Å². The molecule has 1 N–H and O–H groups in total. The monoisotopic (exact) mass is 565 g/mol. The smallest absolute Gasteiger partial charge is 0.267 e. The summed E-state index contributed by atoms with van der Waals surface area (Å²) in [5, 5.41) is 3.13. The Morgan fingerprint density at radius 3 is 2.38 bits per heavy atom. The second kappa shape index (κ2) is 11.9. The number of piperidine rings is 1. The van der Waals surface area contributed by atoms with Crippen LogP contribution in [0.1, 0.15) is 62.8 Å². The molecule has 0 aliphatic carbocycles. The fourth-order valence-corrected chi connectivity index (χ4v) is 6.34. The molecule has 42 heavy (non-hydrogen) atoms. The molecule has 0 bridgehead atoms. The Hall–Kier alpha value is -4.30. The van der Waals surface area contributed by atoms with Gasteiger partial charge in [0.1, 0.15) is 11.4 Å². The first-order valence-electron chi connectivity index (χ1n) is 14.9. The Bertz CT molecular complexity index is 1590. The van der Waals surface area contributed by atoms with E-state index in [0.717, 1.165) is 53.7 Å². The summed E-state index contributed by atoms with van der Waals surface area (Å²) in [5.74, 6) is 0.445. The number of hydrogen-bond acceptors (Lipinski definition) is 4. The van der Waals surface area contributed by atoms with Crippen LogP contribution in [0.15, 0.2) is 66.7 Å². The number of nitrogens with zero attached hydrogens (tertiary/aromatic N) is 4. The number of methoxy groups -OCH3 is 1. The SMILES string of the molecule is COc1cc(C(=O)N2Cc3ccc(C(=O)NCCN4CCCCC4)n3Cc3ccccc32)ccc1-n1c(C)ccc1C. The summed E-state index contributed by atoms with van der Waals surface area (Å²) in [4.78, 5) is 31.6. The number of aromatic nitrogens is 2. The van der Waals surface area contributed by atoms with Gasteiger partial charge in [0.15, 0.2) is 0 Å². The molecule has 0 saturated carbocycles. The molecular weight excluding hydrogens is 526 g/mol. The van der Waals surface area contributed by atoms with Gasteiger partial charge in [0.05, 0.1) is 25.9 Å². The Balaban J connectivity index is 1.26. The number of fused-ring (bicyclic) bond motifs is 2. The summed E-state index contributed by atoms with van der Waals surface area (Å²) >= 11 is 0. The van der Waals surface area contributed by atoms with Crippen molar-refractivity contribution in [1.29, 1.82) is 0 Å². The molecule has 0 unspecified atom stereocenters. The van der Waals surface area contributed by atoms with E-state index in [1.165, 1.54) is 19.3 Å². The van der Waals surface area contributed by atoms with Gasteiger partial charge in [0.25, 0.3) is 11.8 Å². The highest BCUT2D eigenvalue weighted by molar-refractivity contribution is 6.07. The maximum Gasteiger partial charge on any atom is 0.267 e. The second-order valence-corrected chi connectivity index (χ2v) is 11.3. The van der Waals surface area contributed by atoms with Crippen LogP contribution in [0.25, 0.3) is 5.69 Å². The predicted molar refractivity (Wildman–Crippen MR) is 165 cm³/mol. The average Bonchev–Trinajstić information content (AvgIpc) is 3.52. The molecule has 4 aromatic rings. The van der Waals surface area contributed by atoms with Gasteiger partial charge in [-0.2, -0.15) is 0 Å². The summed E-state index contributed by atoms with van der Waals surface area (Å²) in [5.41, 5.74) is 7.02. The molecule has 1 saturated heterocycles. The lowest BCUT2D eigenvalue weighted by Gasteiger charge is -2.26. The van der Waals surface area contributed by atoms with E-state index in [1.54, 1.807) is 7.11 Å². The minimum Gasteiger partial charge on any atom is -0.495 e. The number of aryl methyl sites for hydroxylation is 2. The van der Waals surface area contributed by atoms with Crippen molar-refractivity contribution in [1.82, 2.24) is 19.4 Å². The number of carbonyl (C=O) groups is 2. The lowest BCUT2D eigenvalue weighted by atomic mass is 10.1. The molecule has 2 aromatic heterocycles. The first kappa shape index (κ1) is 27.8. The first-order chi connectivity index (χ1) is 20.4. The van der Waals surface area contributed by atoms with E-state index in [1.807, 2.05) is 64.1 Å². The molecule has 4 heterocycles. The standard InChI is InChI=1S/C34H39N5O3/c1-24-11-12-25(2)39(24)30-15-13-26(21-32(30)42-3)34(41)38-23-28-14-16-31(37(28)22-27-9-5-6-10-29(27)38)33(40)35-17-20-36-18-7-4-8-19-36/h5-6,9-16,21H,4,7-8,17-20,22-23H2,1-3H3,(H,35,40). The third kappa shape index (κ3) is 5.34. The van der Waals surface area contributed by atoms with Crippen LogP contribution >= 0.6 is 0 Å². The Morgan fingerprint density at radius 2 is 1.62 bits per heavy atom. The van der Waals surface area contributed by atoms with Gasteiger partial charge in [0, 0.05) is 41.4 Å². The number of likely N-dealkylation sites (tertiary alicyclic amines) is 1. The van der Waals surface area contributed by atoms with Crippen molar-refractivity contribution in [3.05, 3.63) is 101 Å². The zero-order chi connectivity index (χ0) is 29.2. The molecule has 6 rings (SSSR count). The summed E-state index contributed by atoms with van der Waals surface area (Å²) in [6, 6.07) is 21.6. The van der Waals surface area contributed by atoms with Gasteiger partial charge in [0.2, 0.25) is 0 Å². The van der Waals surface area contributed by atoms with Gasteiger partial charge in [-0.25, -0.2) is 0 Å². The first-order valence-corrected chi connectivity index (χ1v) is 14.9. The Kier molecular flexibility index (Phi) is 7.89.